The van der Waals surface area contributed by atoms with E-state index in [-0.39, 0.29) is 6.04 Å². The molecule has 1 N–H and O–H groups in total. The Bertz CT molecular complexity index is 916. The minimum atomic E-state index is -0.654. The first-order chi connectivity index (χ1) is 11.8. The van der Waals surface area contributed by atoms with Crippen LogP contribution < -0.4 is 15.8 Å². The van der Waals surface area contributed by atoms with Gasteiger partial charge >= 0.3 is 6.16 Å². The van der Waals surface area contributed by atoms with Gasteiger partial charge in [0.05, 0.1) is 12.6 Å². The molecule has 4 heteroatoms. The van der Waals surface area contributed by atoms with E-state index in [0.29, 0.717) is 12.5 Å². The molecule has 1 atom stereocenters. The number of nitrogens with one attached hydrogen (secondary N) is 1. The van der Waals surface area contributed by atoms with Gasteiger partial charge in [-0.2, -0.15) is 0 Å². The van der Waals surface area contributed by atoms with Crippen molar-refractivity contribution in [2.75, 3.05) is 6.61 Å². The molecule has 4 rings (SSSR count). The first-order valence-corrected chi connectivity index (χ1v) is 8.64. The van der Waals surface area contributed by atoms with Gasteiger partial charge < -0.3 is 14.8 Å². The maximum absolute atomic E-state index is 11.8. The van der Waals surface area contributed by atoms with Crippen molar-refractivity contribution in [1.29, 1.82) is 0 Å². The van der Waals surface area contributed by atoms with E-state index in [4.69, 9.17) is 9.47 Å². The molecular weight excluding hydrogens is 302 g/mol. The first kappa shape index (κ1) is 15.1. The van der Waals surface area contributed by atoms with Gasteiger partial charge in [-0.25, -0.2) is 4.79 Å². The van der Waals surface area contributed by atoms with Gasteiger partial charge in [0, 0.05) is 5.22 Å². The SMILES string of the molecule is CCOC(=O)OC1=c2ccc3ccccc3c2=C2CCCCC2N1. The molecule has 1 unspecified atom stereocenters. The molecule has 124 valence electrons. The van der Waals surface area contributed by atoms with Gasteiger partial charge in [-0.15, -0.1) is 0 Å². The molecule has 2 aromatic rings. The van der Waals surface area contributed by atoms with E-state index < -0.39 is 6.16 Å². The van der Waals surface area contributed by atoms with E-state index in [2.05, 4.69) is 35.6 Å². The monoisotopic (exact) mass is 323 g/mol. The van der Waals surface area contributed by atoms with Crippen molar-refractivity contribution in [3.63, 3.8) is 0 Å². The van der Waals surface area contributed by atoms with Crippen molar-refractivity contribution in [2.24, 2.45) is 0 Å². The topological polar surface area (TPSA) is 47.6 Å². The van der Waals surface area contributed by atoms with Crippen molar-refractivity contribution in [3.8, 4) is 0 Å². The highest BCUT2D eigenvalue weighted by Gasteiger charge is 2.26. The number of hydrogen-bond acceptors (Lipinski definition) is 4. The average molecular weight is 323 g/mol. The fourth-order valence-corrected chi connectivity index (χ4v) is 3.83. The lowest BCUT2D eigenvalue weighted by atomic mass is 9.85. The summed E-state index contributed by atoms with van der Waals surface area (Å²) in [5.74, 6) is 0.518. The Morgan fingerprint density at radius 2 is 2.08 bits per heavy atom. The summed E-state index contributed by atoms with van der Waals surface area (Å²) in [7, 11) is 0. The fraction of sp³-hybridized carbons (Fsp3) is 0.350. The molecule has 0 radical (unpaired) electrons. The lowest BCUT2D eigenvalue weighted by Gasteiger charge is -2.31. The van der Waals surface area contributed by atoms with Crippen molar-refractivity contribution >= 4 is 28.4 Å². The number of carbonyl (C=O) groups is 1. The summed E-state index contributed by atoms with van der Waals surface area (Å²) in [5, 5.41) is 8.05. The highest BCUT2D eigenvalue weighted by Crippen LogP contribution is 2.27. The lowest BCUT2D eigenvalue weighted by molar-refractivity contribution is 0.0909. The summed E-state index contributed by atoms with van der Waals surface area (Å²) >= 11 is 0. The molecule has 2 aliphatic rings. The van der Waals surface area contributed by atoms with Crippen LogP contribution in [0.5, 0.6) is 0 Å². The Morgan fingerprint density at radius 3 is 2.96 bits per heavy atom. The molecule has 2 aromatic carbocycles. The maximum Gasteiger partial charge on any atom is 0.515 e. The molecule has 0 aromatic heterocycles. The third-order valence-electron chi connectivity index (χ3n) is 4.86. The summed E-state index contributed by atoms with van der Waals surface area (Å²) in [6.07, 6.45) is 3.90. The van der Waals surface area contributed by atoms with Gasteiger partial charge in [0.1, 0.15) is 0 Å². The second-order valence-electron chi connectivity index (χ2n) is 6.29. The zero-order valence-electron chi connectivity index (χ0n) is 13.8. The van der Waals surface area contributed by atoms with Crippen LogP contribution in [0.4, 0.5) is 4.79 Å². The Labute approximate surface area is 140 Å². The van der Waals surface area contributed by atoms with Gasteiger partial charge in [0.15, 0.2) is 0 Å². The highest BCUT2D eigenvalue weighted by atomic mass is 16.7. The van der Waals surface area contributed by atoms with E-state index in [0.717, 1.165) is 18.1 Å². The second kappa shape index (κ2) is 6.19. The maximum atomic E-state index is 11.8. The molecule has 4 nitrogen and oxygen atoms in total. The summed E-state index contributed by atoms with van der Waals surface area (Å²) in [6, 6.07) is 12.8. The molecule has 1 saturated carbocycles. The normalized spacial score (nSPS) is 19.3. The van der Waals surface area contributed by atoms with Gasteiger partial charge in [-0.3, -0.25) is 0 Å². The molecule has 24 heavy (non-hydrogen) atoms. The van der Waals surface area contributed by atoms with Crippen LogP contribution in [0.2, 0.25) is 0 Å². The Kier molecular flexibility index (Phi) is 3.89. The van der Waals surface area contributed by atoms with Crippen molar-refractivity contribution in [1.82, 2.24) is 5.32 Å². The molecule has 1 heterocycles. The number of hydrogen-bond donors (Lipinski definition) is 1. The third-order valence-corrected chi connectivity index (χ3v) is 4.86. The van der Waals surface area contributed by atoms with Crippen LogP contribution in [0.15, 0.2) is 36.4 Å². The lowest BCUT2D eigenvalue weighted by Crippen LogP contribution is -2.48. The molecule has 0 saturated heterocycles. The van der Waals surface area contributed by atoms with E-state index in [1.54, 1.807) is 6.92 Å². The van der Waals surface area contributed by atoms with Crippen LogP contribution >= 0.6 is 0 Å². The minimum Gasteiger partial charge on any atom is -0.434 e. The molecule has 1 fully saturated rings. The average Bonchev–Trinajstić information content (AvgIpc) is 2.61. The molecule has 1 aliphatic heterocycles. The Balaban J connectivity index is 1.99. The zero-order chi connectivity index (χ0) is 16.5. The van der Waals surface area contributed by atoms with Gasteiger partial charge in [-0.05, 0) is 53.8 Å². The molecule has 0 bridgehead atoms. The van der Waals surface area contributed by atoms with Crippen LogP contribution in [0.3, 0.4) is 0 Å². The zero-order valence-corrected chi connectivity index (χ0v) is 13.8. The fourth-order valence-electron chi connectivity index (χ4n) is 3.83. The molecule has 0 amide bonds. The first-order valence-electron chi connectivity index (χ1n) is 8.64. The van der Waals surface area contributed by atoms with E-state index in [1.807, 2.05) is 6.07 Å². The van der Waals surface area contributed by atoms with E-state index >= 15 is 0 Å². The largest absolute Gasteiger partial charge is 0.515 e. The van der Waals surface area contributed by atoms with E-state index in [1.165, 1.54) is 34.4 Å². The summed E-state index contributed by atoms with van der Waals surface area (Å²) in [5.41, 5.74) is 1.43. The van der Waals surface area contributed by atoms with Crippen molar-refractivity contribution < 1.29 is 14.3 Å². The van der Waals surface area contributed by atoms with Crippen molar-refractivity contribution in [2.45, 2.75) is 38.6 Å². The summed E-state index contributed by atoms with van der Waals surface area (Å²) in [6.45, 7) is 2.08. The smallest absolute Gasteiger partial charge is 0.434 e. The van der Waals surface area contributed by atoms with Gasteiger partial charge in [0.25, 0.3) is 0 Å². The van der Waals surface area contributed by atoms with Crippen molar-refractivity contribution in [3.05, 3.63) is 46.8 Å². The van der Waals surface area contributed by atoms with Crippen LogP contribution in [-0.4, -0.2) is 18.8 Å². The summed E-state index contributed by atoms with van der Waals surface area (Å²) < 4.78 is 10.4. The molecule has 1 aliphatic carbocycles. The standard InChI is InChI=1S/C20H21NO3/c1-2-23-20(22)24-19-16-12-11-13-7-3-4-8-14(13)18(16)15-9-5-6-10-17(15)21-19/h3-4,7-8,11-12,17,21H,2,5-6,9-10H2,1H3. The highest BCUT2D eigenvalue weighted by molar-refractivity contribution is 5.86. The number of benzene rings is 2. The summed E-state index contributed by atoms with van der Waals surface area (Å²) in [4.78, 5) is 11.8. The Morgan fingerprint density at radius 1 is 1.21 bits per heavy atom. The van der Waals surface area contributed by atoms with Crippen LogP contribution in [-0.2, 0) is 9.47 Å². The predicted molar refractivity (Wildman–Crippen MR) is 93.5 cm³/mol. The molecular formula is C20H21NO3. The number of carbonyl (C=O) groups excluding carboxylic acids is 1. The van der Waals surface area contributed by atoms with E-state index in [9.17, 15) is 4.79 Å². The number of rotatable bonds is 2. The predicted octanol–water partition coefficient (Wildman–Crippen LogP) is 2.78. The number of ether oxygens (including phenoxy) is 2. The Hall–Kier alpha value is -2.49. The third kappa shape index (κ3) is 2.52. The quantitative estimate of drug-likeness (QED) is 0.864. The van der Waals surface area contributed by atoms with Crippen LogP contribution in [0.25, 0.3) is 22.2 Å². The minimum absolute atomic E-state index is 0.237. The molecule has 0 spiro atoms. The second-order valence-corrected chi connectivity index (χ2v) is 6.29. The van der Waals surface area contributed by atoms with Gasteiger partial charge in [-0.1, -0.05) is 36.8 Å². The number of fused-ring (bicyclic) bond motifs is 4. The van der Waals surface area contributed by atoms with Crippen LogP contribution in [0.1, 0.15) is 32.6 Å². The van der Waals surface area contributed by atoms with Crippen LogP contribution in [0, 0.1) is 0 Å². The van der Waals surface area contributed by atoms with Gasteiger partial charge in [0.2, 0.25) is 5.88 Å².